The molecule has 0 aliphatic heterocycles. The zero-order chi connectivity index (χ0) is 23.6. The van der Waals surface area contributed by atoms with Crippen LogP contribution in [0.25, 0.3) is 0 Å². The fourth-order valence-corrected chi connectivity index (χ4v) is 3.00. The molecule has 0 aliphatic rings. The van der Waals surface area contributed by atoms with Gasteiger partial charge in [-0.1, -0.05) is 30.3 Å². The number of esters is 1. The molecule has 33 heavy (non-hydrogen) atoms. The summed E-state index contributed by atoms with van der Waals surface area (Å²) in [5.74, 6) is 0.393. The van der Waals surface area contributed by atoms with Crippen LogP contribution >= 0.6 is 0 Å². The van der Waals surface area contributed by atoms with E-state index >= 15 is 0 Å². The lowest BCUT2D eigenvalue weighted by Crippen LogP contribution is -2.26. The van der Waals surface area contributed by atoms with Crippen molar-refractivity contribution in [2.24, 2.45) is 5.10 Å². The SMILES string of the molecule is COc1ccc(C(=O)Oc2ccc(/C=N/NC(=O)C(OC)c3ccccc3)cc2)cc1OC. The minimum Gasteiger partial charge on any atom is -0.493 e. The van der Waals surface area contributed by atoms with Crippen molar-refractivity contribution in [3.05, 3.63) is 89.5 Å². The highest BCUT2D eigenvalue weighted by molar-refractivity contribution is 5.92. The maximum Gasteiger partial charge on any atom is 0.343 e. The third kappa shape index (κ3) is 6.18. The van der Waals surface area contributed by atoms with Gasteiger partial charge in [-0.15, -0.1) is 0 Å². The van der Waals surface area contributed by atoms with Crippen molar-refractivity contribution in [3.63, 3.8) is 0 Å². The highest BCUT2D eigenvalue weighted by atomic mass is 16.5. The lowest BCUT2D eigenvalue weighted by atomic mass is 10.1. The molecule has 0 radical (unpaired) electrons. The number of benzene rings is 3. The van der Waals surface area contributed by atoms with E-state index in [0.29, 0.717) is 28.4 Å². The van der Waals surface area contributed by atoms with Crippen molar-refractivity contribution in [2.75, 3.05) is 21.3 Å². The van der Waals surface area contributed by atoms with Crippen molar-refractivity contribution >= 4 is 18.1 Å². The Kier molecular flexibility index (Phi) is 8.15. The van der Waals surface area contributed by atoms with Gasteiger partial charge in [-0.25, -0.2) is 10.2 Å². The molecule has 3 aromatic rings. The van der Waals surface area contributed by atoms with Gasteiger partial charge in [0.1, 0.15) is 5.75 Å². The lowest BCUT2D eigenvalue weighted by Gasteiger charge is -2.13. The van der Waals surface area contributed by atoms with Crippen LogP contribution in [0.4, 0.5) is 0 Å². The highest BCUT2D eigenvalue weighted by Crippen LogP contribution is 2.28. The lowest BCUT2D eigenvalue weighted by molar-refractivity contribution is -0.131. The molecule has 1 amide bonds. The molecule has 0 bridgehead atoms. The van der Waals surface area contributed by atoms with E-state index in [4.69, 9.17) is 18.9 Å². The Hall–Kier alpha value is -4.17. The molecule has 1 unspecified atom stereocenters. The molecular weight excluding hydrogens is 424 g/mol. The molecule has 0 aliphatic carbocycles. The van der Waals surface area contributed by atoms with Crippen molar-refractivity contribution < 1.29 is 28.5 Å². The second-order valence-electron chi connectivity index (χ2n) is 6.79. The van der Waals surface area contributed by atoms with Gasteiger partial charge in [-0.3, -0.25) is 4.79 Å². The molecule has 1 atom stereocenters. The molecule has 0 spiro atoms. The van der Waals surface area contributed by atoms with Crippen LogP contribution in [-0.4, -0.2) is 39.4 Å². The molecule has 3 aromatic carbocycles. The maximum absolute atomic E-state index is 12.4. The van der Waals surface area contributed by atoms with Crippen LogP contribution in [-0.2, 0) is 9.53 Å². The molecule has 8 heteroatoms. The summed E-state index contributed by atoms with van der Waals surface area (Å²) in [5.41, 5.74) is 4.23. The molecule has 0 aromatic heterocycles. The first-order chi connectivity index (χ1) is 16.0. The minimum absolute atomic E-state index is 0.326. The van der Waals surface area contributed by atoms with Gasteiger partial charge in [-0.2, -0.15) is 5.10 Å². The first-order valence-electron chi connectivity index (χ1n) is 10.0. The molecule has 0 saturated heterocycles. The average Bonchev–Trinajstić information content (AvgIpc) is 2.85. The number of carbonyl (C=O) groups excluding carboxylic acids is 2. The quantitative estimate of drug-likeness (QED) is 0.232. The van der Waals surface area contributed by atoms with Gasteiger partial charge in [0.05, 0.1) is 26.0 Å². The second-order valence-corrected chi connectivity index (χ2v) is 6.79. The summed E-state index contributed by atoms with van der Waals surface area (Å²) in [5, 5.41) is 3.97. The summed E-state index contributed by atoms with van der Waals surface area (Å²) in [6.45, 7) is 0. The number of nitrogens with one attached hydrogen (secondary N) is 1. The van der Waals surface area contributed by atoms with Crippen LogP contribution in [0.1, 0.15) is 27.6 Å². The number of ether oxygens (including phenoxy) is 4. The van der Waals surface area contributed by atoms with E-state index in [2.05, 4.69) is 10.5 Å². The number of nitrogens with zero attached hydrogens (tertiary/aromatic N) is 1. The van der Waals surface area contributed by atoms with Gasteiger partial charge in [0.2, 0.25) is 0 Å². The Morgan fingerprint density at radius 3 is 2.21 bits per heavy atom. The van der Waals surface area contributed by atoms with Crippen LogP contribution in [0.5, 0.6) is 17.2 Å². The topological polar surface area (TPSA) is 95.5 Å². The van der Waals surface area contributed by atoms with Gasteiger partial charge in [-0.05, 0) is 53.6 Å². The normalized spacial score (nSPS) is 11.6. The number of methoxy groups -OCH3 is 3. The summed E-state index contributed by atoms with van der Waals surface area (Å²) in [6, 6.07) is 20.6. The summed E-state index contributed by atoms with van der Waals surface area (Å²) in [7, 11) is 4.47. The Morgan fingerprint density at radius 1 is 0.879 bits per heavy atom. The smallest absolute Gasteiger partial charge is 0.343 e. The van der Waals surface area contributed by atoms with Gasteiger partial charge >= 0.3 is 5.97 Å². The summed E-state index contributed by atoms with van der Waals surface area (Å²) < 4.78 is 21.0. The summed E-state index contributed by atoms with van der Waals surface area (Å²) >= 11 is 0. The largest absolute Gasteiger partial charge is 0.493 e. The molecule has 3 rings (SSSR count). The number of hydrogen-bond donors (Lipinski definition) is 1. The zero-order valence-electron chi connectivity index (χ0n) is 18.5. The predicted octanol–water partition coefficient (Wildman–Crippen LogP) is 3.76. The summed E-state index contributed by atoms with van der Waals surface area (Å²) in [6.07, 6.45) is 0.719. The second kappa shape index (κ2) is 11.4. The van der Waals surface area contributed by atoms with Crippen molar-refractivity contribution in [1.29, 1.82) is 0 Å². The third-order valence-electron chi connectivity index (χ3n) is 4.67. The predicted molar refractivity (Wildman–Crippen MR) is 123 cm³/mol. The zero-order valence-corrected chi connectivity index (χ0v) is 18.5. The van der Waals surface area contributed by atoms with Crippen molar-refractivity contribution in [2.45, 2.75) is 6.10 Å². The minimum atomic E-state index is -0.762. The highest BCUT2D eigenvalue weighted by Gasteiger charge is 2.19. The van der Waals surface area contributed by atoms with Gasteiger partial charge < -0.3 is 18.9 Å². The van der Waals surface area contributed by atoms with Crippen molar-refractivity contribution in [1.82, 2.24) is 5.43 Å². The van der Waals surface area contributed by atoms with Crippen LogP contribution in [0.15, 0.2) is 77.9 Å². The van der Waals surface area contributed by atoms with Crippen LogP contribution in [0.3, 0.4) is 0 Å². The maximum atomic E-state index is 12.4. The molecule has 0 heterocycles. The first-order valence-corrected chi connectivity index (χ1v) is 10.0. The van der Waals surface area contributed by atoms with E-state index in [1.54, 1.807) is 54.6 Å². The number of hydrazone groups is 1. The Labute approximate surface area is 191 Å². The number of amides is 1. The van der Waals surface area contributed by atoms with Crippen molar-refractivity contribution in [3.8, 4) is 17.2 Å². The molecular formula is C25H24N2O6. The molecule has 1 N–H and O–H groups in total. The van der Waals surface area contributed by atoms with Crippen LogP contribution < -0.4 is 19.6 Å². The van der Waals surface area contributed by atoms with Crippen LogP contribution in [0.2, 0.25) is 0 Å². The fraction of sp³-hybridized carbons (Fsp3) is 0.160. The van der Waals surface area contributed by atoms with E-state index in [0.717, 1.165) is 5.56 Å². The summed E-state index contributed by atoms with van der Waals surface area (Å²) in [4.78, 5) is 24.8. The molecule has 0 saturated carbocycles. The Balaban J connectivity index is 1.58. The van der Waals surface area contributed by atoms with E-state index in [1.165, 1.54) is 27.5 Å². The Bertz CT molecular complexity index is 1110. The van der Waals surface area contributed by atoms with Crippen LogP contribution in [0, 0.1) is 0 Å². The number of rotatable bonds is 9. The van der Waals surface area contributed by atoms with E-state index in [-0.39, 0.29) is 5.91 Å². The van der Waals surface area contributed by atoms with E-state index in [1.807, 2.05) is 18.2 Å². The monoisotopic (exact) mass is 448 g/mol. The number of hydrogen-bond acceptors (Lipinski definition) is 7. The standard InChI is InChI=1S/C25H24N2O6/c1-30-21-14-11-19(15-22(21)31-2)25(29)33-20-12-9-17(10-13-20)16-26-27-24(28)23(32-3)18-7-5-4-6-8-18/h4-16,23H,1-3H3,(H,27,28)/b26-16+. The van der Waals surface area contributed by atoms with Gasteiger partial charge in [0.15, 0.2) is 17.6 Å². The van der Waals surface area contributed by atoms with Gasteiger partial charge in [0, 0.05) is 7.11 Å². The molecule has 0 fully saturated rings. The average molecular weight is 448 g/mol. The van der Waals surface area contributed by atoms with E-state index in [9.17, 15) is 9.59 Å². The van der Waals surface area contributed by atoms with Gasteiger partial charge in [0.25, 0.3) is 5.91 Å². The van der Waals surface area contributed by atoms with E-state index < -0.39 is 12.1 Å². The fourth-order valence-electron chi connectivity index (χ4n) is 3.00. The molecule has 170 valence electrons. The first kappa shape index (κ1) is 23.5. The third-order valence-corrected chi connectivity index (χ3v) is 4.67. The Morgan fingerprint density at radius 2 is 1.58 bits per heavy atom. The number of carbonyl (C=O) groups is 2. The molecule has 8 nitrogen and oxygen atoms in total.